The smallest absolute Gasteiger partial charge is 0.229 e. The van der Waals surface area contributed by atoms with Gasteiger partial charge in [0.25, 0.3) is 0 Å². The van der Waals surface area contributed by atoms with Crippen molar-refractivity contribution in [3.8, 4) is 33.6 Å². The molecule has 2 unspecified atom stereocenters. The molecule has 3 fully saturated rings. The Bertz CT molecular complexity index is 1930. The summed E-state index contributed by atoms with van der Waals surface area (Å²) in [4.78, 5) is 26.7. The molecule has 46 heavy (non-hydrogen) atoms. The minimum Gasteiger partial charge on any atom is -0.378 e. The van der Waals surface area contributed by atoms with E-state index < -0.39 is 0 Å². The van der Waals surface area contributed by atoms with Crippen LogP contribution >= 0.6 is 0 Å². The molecule has 0 spiro atoms. The number of aromatic nitrogens is 4. The van der Waals surface area contributed by atoms with E-state index in [1.54, 1.807) is 11.1 Å². The normalized spacial score (nSPS) is 22.6. The monoisotopic (exact) mass is 610 g/mol. The Morgan fingerprint density at radius 3 is 2.39 bits per heavy atom. The number of carbonyl (C=O) groups excluding carboxylic acids is 1. The summed E-state index contributed by atoms with van der Waals surface area (Å²) in [7, 11) is 1.85. The number of anilines is 1. The molecule has 2 aliphatic heterocycles. The van der Waals surface area contributed by atoms with E-state index in [2.05, 4.69) is 68.6 Å². The molecule has 2 bridgehead atoms. The third-order valence-corrected chi connectivity index (χ3v) is 10.7. The minimum atomic E-state index is 0.150. The molecule has 8 nitrogen and oxygen atoms in total. The van der Waals surface area contributed by atoms with Crippen LogP contribution in [0.15, 0.2) is 73.1 Å². The first-order valence-corrected chi connectivity index (χ1v) is 16.8. The van der Waals surface area contributed by atoms with Gasteiger partial charge in [-0.3, -0.25) is 19.8 Å². The second-order valence-corrected chi connectivity index (χ2v) is 13.6. The van der Waals surface area contributed by atoms with Crippen molar-refractivity contribution < 1.29 is 9.53 Å². The highest BCUT2D eigenvalue weighted by atomic mass is 16.5. The number of nitrogens with one attached hydrogen (secondary N) is 1. The Kier molecular flexibility index (Phi) is 6.75. The quantitative estimate of drug-likeness (QED) is 0.223. The average Bonchev–Trinajstić information content (AvgIpc) is 3.91. The summed E-state index contributed by atoms with van der Waals surface area (Å²) in [6.45, 7) is 1.82. The van der Waals surface area contributed by atoms with E-state index in [-0.39, 0.29) is 11.8 Å². The molecule has 2 saturated heterocycles. The maximum Gasteiger partial charge on any atom is 0.229 e. The largest absolute Gasteiger partial charge is 0.378 e. The van der Waals surface area contributed by atoms with Crippen LogP contribution in [0.1, 0.15) is 43.2 Å². The van der Waals surface area contributed by atoms with Crippen LogP contribution in [0.4, 0.5) is 5.69 Å². The number of morpholine rings is 1. The van der Waals surface area contributed by atoms with Gasteiger partial charge in [-0.1, -0.05) is 42.5 Å². The predicted octanol–water partition coefficient (Wildman–Crippen LogP) is 6.45. The molecule has 2 aliphatic carbocycles. The second-order valence-electron chi connectivity index (χ2n) is 13.6. The Balaban J connectivity index is 0.971. The summed E-state index contributed by atoms with van der Waals surface area (Å²) in [6, 6.07) is 23.3. The van der Waals surface area contributed by atoms with Gasteiger partial charge in [0.15, 0.2) is 5.65 Å². The van der Waals surface area contributed by atoms with Crippen molar-refractivity contribution in [1.29, 1.82) is 0 Å². The Labute approximate surface area is 268 Å². The van der Waals surface area contributed by atoms with Gasteiger partial charge < -0.3 is 9.64 Å². The molecule has 5 aromatic rings. The van der Waals surface area contributed by atoms with Crippen LogP contribution in [-0.2, 0) is 22.4 Å². The standard InChI is InChI=1S/C38H38N6O2/c1-43(38(45)26-9-10-26)34-3-2-16-39-36(34)25-7-5-24(6-8-25)35-33-18-29(20-40-37(33)42-41-35)28-11-4-23-12-14-30(15-13-27(23)17-28)44-31-19-32(44)22-46-21-31/h2-8,11,16-18,20,26,30-32H,9-10,12-15,19,21-22H2,1H3,(H,40,41,42)/t30-,31?,32?/m0/s1. The van der Waals surface area contributed by atoms with Crippen molar-refractivity contribution in [3.63, 3.8) is 0 Å². The van der Waals surface area contributed by atoms with Crippen LogP contribution < -0.4 is 4.90 Å². The first kappa shape index (κ1) is 27.9. The molecule has 1 amide bonds. The van der Waals surface area contributed by atoms with E-state index in [0.717, 1.165) is 78.0 Å². The molecule has 1 saturated carbocycles. The lowest BCUT2D eigenvalue weighted by molar-refractivity contribution is -0.148. The van der Waals surface area contributed by atoms with Crippen LogP contribution in [0.2, 0.25) is 0 Å². The SMILES string of the molecule is CN(C(=O)C1CC1)c1cccnc1-c1ccc(-c2[nH]nc3ncc(-c4ccc5c(c4)CC[C@@H](N4C6COCC4C6)CC5)cc23)cc1. The number of nitrogens with zero attached hydrogens (tertiary/aromatic N) is 5. The number of benzene rings is 2. The lowest BCUT2D eigenvalue weighted by Crippen LogP contribution is -2.66. The number of amides is 1. The lowest BCUT2D eigenvalue weighted by atomic mass is 9.87. The fourth-order valence-corrected chi connectivity index (χ4v) is 8.02. The zero-order valence-corrected chi connectivity index (χ0v) is 26.2. The summed E-state index contributed by atoms with van der Waals surface area (Å²) in [5, 5.41) is 8.77. The topological polar surface area (TPSA) is 87.2 Å². The number of hydrogen-bond acceptors (Lipinski definition) is 6. The van der Waals surface area contributed by atoms with Gasteiger partial charge in [-0.2, -0.15) is 5.10 Å². The van der Waals surface area contributed by atoms with Gasteiger partial charge in [-0.15, -0.1) is 0 Å². The third kappa shape index (κ3) is 4.82. The van der Waals surface area contributed by atoms with Crippen LogP contribution in [0.25, 0.3) is 44.7 Å². The number of pyridine rings is 2. The zero-order valence-electron chi connectivity index (χ0n) is 26.2. The van der Waals surface area contributed by atoms with Crippen LogP contribution in [-0.4, -0.2) is 69.4 Å². The van der Waals surface area contributed by atoms with Gasteiger partial charge in [0.2, 0.25) is 5.91 Å². The van der Waals surface area contributed by atoms with Crippen LogP contribution in [0.5, 0.6) is 0 Å². The first-order valence-electron chi connectivity index (χ1n) is 16.8. The van der Waals surface area contributed by atoms with Gasteiger partial charge in [0.1, 0.15) is 0 Å². The van der Waals surface area contributed by atoms with E-state index in [0.29, 0.717) is 23.8 Å². The van der Waals surface area contributed by atoms with E-state index in [1.165, 1.54) is 36.0 Å². The maximum absolute atomic E-state index is 12.8. The van der Waals surface area contributed by atoms with Crippen molar-refractivity contribution in [2.24, 2.45) is 5.92 Å². The number of aromatic amines is 1. The molecule has 232 valence electrons. The fraction of sp³-hybridized carbons (Fsp3) is 0.368. The molecule has 2 aromatic carbocycles. The molecular weight excluding hydrogens is 572 g/mol. The van der Waals surface area contributed by atoms with E-state index in [1.807, 2.05) is 25.4 Å². The molecule has 9 rings (SSSR count). The molecule has 4 aliphatic rings. The Hall–Kier alpha value is -4.40. The van der Waals surface area contributed by atoms with Gasteiger partial charge in [0, 0.05) is 65.6 Å². The number of rotatable bonds is 6. The molecule has 0 radical (unpaired) electrons. The number of ether oxygens (including phenoxy) is 1. The molecule has 3 aromatic heterocycles. The van der Waals surface area contributed by atoms with Crippen molar-refractivity contribution in [3.05, 3.63) is 84.2 Å². The Morgan fingerprint density at radius 1 is 0.848 bits per heavy atom. The lowest BCUT2D eigenvalue weighted by Gasteiger charge is -2.56. The summed E-state index contributed by atoms with van der Waals surface area (Å²) >= 11 is 0. The highest BCUT2D eigenvalue weighted by Crippen LogP contribution is 2.39. The minimum absolute atomic E-state index is 0.150. The molecule has 3 atom stereocenters. The number of aryl methyl sites for hydroxylation is 2. The van der Waals surface area contributed by atoms with Crippen molar-refractivity contribution in [2.75, 3.05) is 25.2 Å². The van der Waals surface area contributed by atoms with Crippen molar-refractivity contribution in [2.45, 2.75) is 63.1 Å². The van der Waals surface area contributed by atoms with Gasteiger partial charge in [0.05, 0.1) is 30.3 Å². The number of hydrogen-bond donors (Lipinski definition) is 1. The highest BCUT2D eigenvalue weighted by molar-refractivity contribution is 5.99. The number of H-pyrrole nitrogens is 1. The summed E-state index contributed by atoms with van der Waals surface area (Å²) in [6.07, 6.45) is 11.7. The number of carbonyl (C=O) groups is 1. The van der Waals surface area contributed by atoms with Gasteiger partial charge in [-0.05, 0) is 79.8 Å². The van der Waals surface area contributed by atoms with Gasteiger partial charge >= 0.3 is 0 Å². The predicted molar refractivity (Wildman–Crippen MR) is 179 cm³/mol. The van der Waals surface area contributed by atoms with Crippen LogP contribution in [0.3, 0.4) is 0 Å². The first-order chi connectivity index (χ1) is 22.6. The molecule has 8 heteroatoms. The van der Waals surface area contributed by atoms with Crippen LogP contribution in [0, 0.1) is 5.92 Å². The average molecular weight is 611 g/mol. The van der Waals surface area contributed by atoms with E-state index in [9.17, 15) is 4.79 Å². The third-order valence-electron chi connectivity index (χ3n) is 10.7. The Morgan fingerprint density at radius 2 is 1.61 bits per heavy atom. The molecule has 5 heterocycles. The van der Waals surface area contributed by atoms with Crippen molar-refractivity contribution >= 4 is 22.6 Å². The second kappa shape index (κ2) is 11.1. The zero-order chi connectivity index (χ0) is 30.8. The summed E-state index contributed by atoms with van der Waals surface area (Å²) in [5.41, 5.74) is 10.6. The van der Waals surface area contributed by atoms with E-state index >= 15 is 0 Å². The van der Waals surface area contributed by atoms with E-state index in [4.69, 9.17) is 9.72 Å². The highest BCUT2D eigenvalue weighted by Gasteiger charge is 2.45. The summed E-state index contributed by atoms with van der Waals surface area (Å²) < 4.78 is 5.75. The van der Waals surface area contributed by atoms with Gasteiger partial charge in [-0.25, -0.2) is 4.98 Å². The summed E-state index contributed by atoms with van der Waals surface area (Å²) in [5.74, 6) is 0.317. The molecule has 1 N–H and O–H groups in total. The number of fused-ring (bicyclic) bond motifs is 4. The molecular formula is C38H38N6O2. The van der Waals surface area contributed by atoms with Crippen molar-refractivity contribution in [1.82, 2.24) is 25.1 Å². The fourth-order valence-electron chi connectivity index (χ4n) is 8.02. The maximum atomic E-state index is 12.8.